The van der Waals surface area contributed by atoms with Crippen molar-refractivity contribution >= 4 is 21.7 Å². The Kier molecular flexibility index (Phi) is 3.05. The van der Waals surface area contributed by atoms with E-state index in [2.05, 4.69) is 5.10 Å². The quantitative estimate of drug-likeness (QED) is 0.817. The predicted molar refractivity (Wildman–Crippen MR) is 66.0 cm³/mol. The molecule has 1 heterocycles. The van der Waals surface area contributed by atoms with Crippen LogP contribution >= 0.6 is 11.6 Å². The zero-order chi connectivity index (χ0) is 13.5. The van der Waals surface area contributed by atoms with Crippen molar-refractivity contribution < 1.29 is 13.0 Å². The van der Waals surface area contributed by atoms with Crippen LogP contribution < -0.4 is 5.56 Å². The minimum atomic E-state index is -4.37. The van der Waals surface area contributed by atoms with E-state index < -0.39 is 15.0 Å². The lowest BCUT2D eigenvalue weighted by molar-refractivity contribution is 0.483. The molecule has 0 unspecified atom stereocenters. The molecular formula is C10H9ClN2O4S. The van der Waals surface area contributed by atoms with Crippen LogP contribution in [0.4, 0.5) is 0 Å². The molecule has 0 saturated carbocycles. The van der Waals surface area contributed by atoms with Crippen LogP contribution in [0.1, 0.15) is 5.69 Å². The van der Waals surface area contributed by atoms with Gasteiger partial charge in [0.05, 0.1) is 10.7 Å². The second kappa shape index (κ2) is 4.27. The highest BCUT2D eigenvalue weighted by Gasteiger charge is 2.15. The molecule has 0 aliphatic heterocycles. The van der Waals surface area contributed by atoms with Crippen molar-refractivity contribution in [1.82, 2.24) is 9.78 Å². The van der Waals surface area contributed by atoms with Crippen molar-refractivity contribution in [3.05, 3.63) is 45.3 Å². The Balaban J connectivity index is 2.60. The maximum atomic E-state index is 11.6. The number of aryl methyl sites for hydroxylation is 1. The number of hydrogen-bond donors (Lipinski definition) is 2. The van der Waals surface area contributed by atoms with Crippen LogP contribution in [0.25, 0.3) is 5.69 Å². The number of halogens is 1. The van der Waals surface area contributed by atoms with Crippen molar-refractivity contribution in [1.29, 1.82) is 0 Å². The molecule has 96 valence electrons. The summed E-state index contributed by atoms with van der Waals surface area (Å²) in [4.78, 5) is 11.2. The van der Waals surface area contributed by atoms with E-state index in [1.165, 1.54) is 22.9 Å². The molecule has 2 aromatic rings. The van der Waals surface area contributed by atoms with E-state index in [0.717, 1.165) is 6.07 Å². The highest BCUT2D eigenvalue weighted by molar-refractivity contribution is 7.86. The van der Waals surface area contributed by atoms with Gasteiger partial charge in [0.25, 0.3) is 15.7 Å². The summed E-state index contributed by atoms with van der Waals surface area (Å²) in [5.74, 6) is 0. The third-order valence-electron chi connectivity index (χ3n) is 2.30. The first-order valence-corrected chi connectivity index (χ1v) is 6.67. The van der Waals surface area contributed by atoms with Gasteiger partial charge < -0.3 is 0 Å². The molecule has 0 saturated heterocycles. The molecule has 6 nitrogen and oxygen atoms in total. The average molecular weight is 289 g/mol. The summed E-state index contributed by atoms with van der Waals surface area (Å²) >= 11 is 5.75. The lowest BCUT2D eigenvalue weighted by Gasteiger charge is -2.05. The molecule has 0 aliphatic rings. The van der Waals surface area contributed by atoms with E-state index in [1.807, 2.05) is 0 Å². The van der Waals surface area contributed by atoms with Crippen LogP contribution in [0.5, 0.6) is 0 Å². The molecule has 0 atom stereocenters. The van der Waals surface area contributed by atoms with Gasteiger partial charge in [0.15, 0.2) is 0 Å². The standard InChI is InChI=1S/C10H9ClN2O4S/c1-6-4-10(14)13(12-6)7-2-3-9(8(11)5-7)18(15,16)17/h2-5,12H,1H3,(H,15,16,17). The number of rotatable bonds is 2. The van der Waals surface area contributed by atoms with E-state index in [1.54, 1.807) is 6.92 Å². The Labute approximate surface area is 108 Å². The van der Waals surface area contributed by atoms with E-state index in [9.17, 15) is 13.2 Å². The van der Waals surface area contributed by atoms with Crippen LogP contribution in [0, 0.1) is 6.92 Å². The molecule has 1 aromatic carbocycles. The fraction of sp³-hybridized carbons (Fsp3) is 0.100. The van der Waals surface area contributed by atoms with Crippen LogP contribution in [0.3, 0.4) is 0 Å². The molecule has 0 bridgehead atoms. The number of benzene rings is 1. The monoisotopic (exact) mass is 288 g/mol. The first-order valence-electron chi connectivity index (χ1n) is 4.85. The zero-order valence-electron chi connectivity index (χ0n) is 9.21. The third kappa shape index (κ3) is 2.33. The van der Waals surface area contributed by atoms with Crippen molar-refractivity contribution in [2.24, 2.45) is 0 Å². The van der Waals surface area contributed by atoms with Crippen molar-refractivity contribution in [3.63, 3.8) is 0 Å². The maximum Gasteiger partial charge on any atom is 0.296 e. The molecule has 8 heteroatoms. The van der Waals surface area contributed by atoms with Crippen LogP contribution in [0.2, 0.25) is 5.02 Å². The SMILES string of the molecule is Cc1cc(=O)n(-c2ccc(S(=O)(=O)O)c(Cl)c2)[nH]1. The summed E-state index contributed by atoms with van der Waals surface area (Å²) in [6.45, 7) is 1.71. The third-order valence-corrected chi connectivity index (χ3v) is 3.64. The van der Waals surface area contributed by atoms with Crippen molar-refractivity contribution in [2.75, 3.05) is 0 Å². The van der Waals surface area contributed by atoms with Gasteiger partial charge in [0, 0.05) is 11.8 Å². The Morgan fingerprint density at radius 3 is 2.44 bits per heavy atom. The molecule has 18 heavy (non-hydrogen) atoms. The van der Waals surface area contributed by atoms with Gasteiger partial charge in [-0.3, -0.25) is 14.4 Å². The minimum Gasteiger partial charge on any atom is -0.295 e. The highest BCUT2D eigenvalue weighted by atomic mass is 35.5. The second-order valence-electron chi connectivity index (χ2n) is 3.70. The Hall–Kier alpha value is -1.57. The second-order valence-corrected chi connectivity index (χ2v) is 5.50. The first-order chi connectivity index (χ1) is 8.29. The summed E-state index contributed by atoms with van der Waals surface area (Å²) < 4.78 is 32.1. The van der Waals surface area contributed by atoms with Gasteiger partial charge in [-0.15, -0.1) is 0 Å². The van der Waals surface area contributed by atoms with E-state index in [4.69, 9.17) is 16.2 Å². The smallest absolute Gasteiger partial charge is 0.295 e. The minimum absolute atomic E-state index is 0.158. The number of nitrogens with zero attached hydrogens (tertiary/aromatic N) is 1. The van der Waals surface area contributed by atoms with Gasteiger partial charge in [-0.1, -0.05) is 11.6 Å². The Morgan fingerprint density at radius 2 is 2.00 bits per heavy atom. The van der Waals surface area contributed by atoms with Crippen molar-refractivity contribution in [3.8, 4) is 5.69 Å². The van der Waals surface area contributed by atoms with Gasteiger partial charge in [-0.05, 0) is 25.1 Å². The fourth-order valence-corrected chi connectivity index (χ4v) is 2.56. The van der Waals surface area contributed by atoms with Gasteiger partial charge in [-0.25, -0.2) is 4.68 Å². The maximum absolute atomic E-state index is 11.6. The molecule has 0 radical (unpaired) electrons. The van der Waals surface area contributed by atoms with E-state index in [-0.39, 0.29) is 10.6 Å². The van der Waals surface area contributed by atoms with Gasteiger partial charge >= 0.3 is 0 Å². The van der Waals surface area contributed by atoms with Gasteiger partial charge in [0.2, 0.25) is 0 Å². The van der Waals surface area contributed by atoms with Gasteiger partial charge in [-0.2, -0.15) is 8.42 Å². The molecule has 0 spiro atoms. The largest absolute Gasteiger partial charge is 0.296 e. The van der Waals surface area contributed by atoms with E-state index in [0.29, 0.717) is 11.4 Å². The predicted octanol–water partition coefficient (Wildman–Crippen LogP) is 1.37. The average Bonchev–Trinajstić information content (AvgIpc) is 2.55. The number of aromatic nitrogens is 2. The fourth-order valence-electron chi connectivity index (χ4n) is 1.54. The first kappa shape index (κ1) is 12.9. The topological polar surface area (TPSA) is 92.2 Å². The molecule has 0 amide bonds. The Bertz CT molecular complexity index is 760. The lowest BCUT2D eigenvalue weighted by Crippen LogP contribution is -2.13. The summed E-state index contributed by atoms with van der Waals surface area (Å²) in [6.07, 6.45) is 0. The molecule has 2 N–H and O–H groups in total. The highest BCUT2D eigenvalue weighted by Crippen LogP contribution is 2.23. The zero-order valence-corrected chi connectivity index (χ0v) is 10.8. The molecule has 2 rings (SSSR count). The number of H-pyrrole nitrogens is 1. The number of nitrogens with one attached hydrogen (secondary N) is 1. The normalized spacial score (nSPS) is 11.7. The molecule has 1 aromatic heterocycles. The number of hydrogen-bond acceptors (Lipinski definition) is 3. The van der Waals surface area contributed by atoms with Crippen LogP contribution in [-0.4, -0.2) is 22.8 Å². The number of aromatic amines is 1. The van der Waals surface area contributed by atoms with E-state index >= 15 is 0 Å². The molecular weight excluding hydrogens is 280 g/mol. The van der Waals surface area contributed by atoms with Gasteiger partial charge in [0.1, 0.15) is 4.90 Å². The molecule has 0 aliphatic carbocycles. The van der Waals surface area contributed by atoms with Crippen molar-refractivity contribution in [2.45, 2.75) is 11.8 Å². The lowest BCUT2D eigenvalue weighted by atomic mass is 10.3. The summed E-state index contributed by atoms with van der Waals surface area (Å²) in [6, 6.07) is 5.18. The summed E-state index contributed by atoms with van der Waals surface area (Å²) in [5.41, 5.74) is 0.753. The molecule has 0 fully saturated rings. The van der Waals surface area contributed by atoms with Crippen LogP contribution in [0.15, 0.2) is 34.0 Å². The Morgan fingerprint density at radius 1 is 1.33 bits per heavy atom. The van der Waals surface area contributed by atoms with Crippen LogP contribution in [-0.2, 0) is 10.1 Å². The summed E-state index contributed by atoms with van der Waals surface area (Å²) in [7, 11) is -4.37. The summed E-state index contributed by atoms with van der Waals surface area (Å²) in [5, 5.41) is 2.62.